The van der Waals surface area contributed by atoms with Crippen molar-refractivity contribution in [2.24, 2.45) is 0 Å². The smallest absolute Gasteiger partial charge is 0.306 e. The number of carbonyl (C=O) groups is 3. The molecule has 1 atom stereocenters. The minimum Gasteiger partial charge on any atom is -0.462 e. The molecule has 0 aromatic rings. The van der Waals surface area contributed by atoms with Crippen molar-refractivity contribution in [2.45, 2.75) is 226 Å². The van der Waals surface area contributed by atoms with Crippen LogP contribution in [0.3, 0.4) is 0 Å². The first-order chi connectivity index (χ1) is 32.5. The maximum atomic E-state index is 12.8. The van der Waals surface area contributed by atoms with Gasteiger partial charge in [-0.1, -0.05) is 194 Å². The highest BCUT2D eigenvalue weighted by atomic mass is 16.6. The van der Waals surface area contributed by atoms with Crippen LogP contribution in [0.15, 0.2) is 122 Å². The highest BCUT2D eigenvalue weighted by Gasteiger charge is 2.19. The molecule has 0 amide bonds. The van der Waals surface area contributed by atoms with Crippen LogP contribution in [0.2, 0.25) is 0 Å². The molecular weight excluding hydrogens is 817 g/mol. The zero-order valence-electron chi connectivity index (χ0n) is 42.4. The van der Waals surface area contributed by atoms with Crippen molar-refractivity contribution >= 4 is 17.9 Å². The van der Waals surface area contributed by atoms with E-state index in [9.17, 15) is 14.4 Å². The molecule has 0 aliphatic carbocycles. The van der Waals surface area contributed by atoms with Crippen LogP contribution < -0.4 is 0 Å². The second-order valence-corrected chi connectivity index (χ2v) is 17.0. The van der Waals surface area contributed by atoms with Crippen molar-refractivity contribution < 1.29 is 28.6 Å². The topological polar surface area (TPSA) is 78.9 Å². The Labute approximate surface area is 405 Å². The Kier molecular flexibility index (Phi) is 50.0. The van der Waals surface area contributed by atoms with E-state index in [4.69, 9.17) is 14.2 Å². The third-order valence-corrected chi connectivity index (χ3v) is 10.7. The molecule has 0 bridgehead atoms. The first-order valence-electron chi connectivity index (χ1n) is 26.5. The highest BCUT2D eigenvalue weighted by molar-refractivity contribution is 5.71. The van der Waals surface area contributed by atoms with E-state index >= 15 is 0 Å². The fraction of sp³-hybridized carbons (Fsp3) is 0.617. The highest BCUT2D eigenvalue weighted by Crippen LogP contribution is 2.12. The number of hydrogen-bond donors (Lipinski definition) is 0. The largest absolute Gasteiger partial charge is 0.462 e. The van der Waals surface area contributed by atoms with Crippen LogP contribution in [0.25, 0.3) is 0 Å². The van der Waals surface area contributed by atoms with Crippen molar-refractivity contribution in [2.75, 3.05) is 13.2 Å². The molecule has 0 saturated heterocycles. The Balaban J connectivity index is 4.54. The lowest BCUT2D eigenvalue weighted by molar-refractivity contribution is -0.167. The van der Waals surface area contributed by atoms with Crippen LogP contribution in [-0.2, 0) is 28.6 Å². The number of rotatable bonds is 46. The number of allylic oxidation sites excluding steroid dienone is 20. The number of ether oxygens (including phenoxy) is 3. The molecule has 0 heterocycles. The molecule has 6 heteroatoms. The molecule has 0 aliphatic rings. The average Bonchev–Trinajstić information content (AvgIpc) is 3.31. The predicted octanol–water partition coefficient (Wildman–Crippen LogP) is 17.7. The van der Waals surface area contributed by atoms with Gasteiger partial charge in [0.15, 0.2) is 6.10 Å². The lowest BCUT2D eigenvalue weighted by Gasteiger charge is -2.18. The molecule has 372 valence electrons. The predicted molar refractivity (Wildman–Crippen MR) is 283 cm³/mol. The van der Waals surface area contributed by atoms with Gasteiger partial charge in [-0.05, 0) is 128 Å². The summed E-state index contributed by atoms with van der Waals surface area (Å²) in [4.78, 5) is 38.0. The fourth-order valence-electron chi connectivity index (χ4n) is 6.75. The standard InChI is InChI=1S/C60H96O6/c1-4-7-10-13-16-19-22-25-27-29-30-31-33-35-38-41-44-47-50-53-59(62)65-56-57(55-64-58(61)52-49-46-43-40-37-34-24-21-18-15-12-9-6-3)66-60(63)54-51-48-45-42-39-36-32-28-26-23-20-17-14-11-8-5-2/h7-8,10-11,16-17,19-20,25-28,30-31,34-39,57H,4-6,9,12-15,18,21-24,29,32-33,40-56H2,1-3H3/b10-7-,11-8-,19-16-,20-17-,27-25-,28-26-,31-30-,37-34-,38-35-,39-36-. The van der Waals surface area contributed by atoms with E-state index in [2.05, 4.69) is 142 Å². The molecule has 0 aliphatic heterocycles. The molecule has 0 rings (SSSR count). The van der Waals surface area contributed by atoms with Gasteiger partial charge in [-0.3, -0.25) is 14.4 Å². The van der Waals surface area contributed by atoms with Crippen molar-refractivity contribution in [3.8, 4) is 0 Å². The van der Waals surface area contributed by atoms with E-state index in [1.807, 2.05) is 0 Å². The zero-order valence-corrected chi connectivity index (χ0v) is 42.4. The molecule has 66 heavy (non-hydrogen) atoms. The average molecular weight is 913 g/mol. The van der Waals surface area contributed by atoms with E-state index in [1.54, 1.807) is 0 Å². The first-order valence-corrected chi connectivity index (χ1v) is 26.5. The summed E-state index contributed by atoms with van der Waals surface area (Å²) >= 11 is 0. The van der Waals surface area contributed by atoms with Gasteiger partial charge in [0.2, 0.25) is 0 Å². The van der Waals surface area contributed by atoms with Crippen molar-refractivity contribution in [3.05, 3.63) is 122 Å². The van der Waals surface area contributed by atoms with Crippen LogP contribution in [0.4, 0.5) is 0 Å². The molecule has 1 unspecified atom stereocenters. The monoisotopic (exact) mass is 913 g/mol. The van der Waals surface area contributed by atoms with Gasteiger partial charge < -0.3 is 14.2 Å². The Hall–Kier alpha value is -4.19. The van der Waals surface area contributed by atoms with Gasteiger partial charge in [0, 0.05) is 19.3 Å². The quantitative estimate of drug-likeness (QED) is 0.0262. The SMILES string of the molecule is CC/C=C\C/C=C\C/C=C\C/C=C\C/C=C\CCCCCC(=O)OCC(COC(=O)CCCCC/C=C\CCCCCCCC)OC(=O)CCCCC/C=C\C/C=C\C/C=C\C/C=C\CC. The third-order valence-electron chi connectivity index (χ3n) is 10.7. The van der Waals surface area contributed by atoms with Gasteiger partial charge in [0.25, 0.3) is 0 Å². The van der Waals surface area contributed by atoms with Gasteiger partial charge in [-0.25, -0.2) is 0 Å². The van der Waals surface area contributed by atoms with Crippen molar-refractivity contribution in [3.63, 3.8) is 0 Å². The number of esters is 3. The normalized spacial score (nSPS) is 13.1. The summed E-state index contributed by atoms with van der Waals surface area (Å²) in [6, 6.07) is 0. The molecule has 6 nitrogen and oxygen atoms in total. The maximum absolute atomic E-state index is 12.8. The van der Waals surface area contributed by atoms with E-state index in [1.165, 1.54) is 38.5 Å². The van der Waals surface area contributed by atoms with Gasteiger partial charge in [0.05, 0.1) is 0 Å². The minimum atomic E-state index is -0.818. The van der Waals surface area contributed by atoms with Crippen LogP contribution >= 0.6 is 0 Å². The first kappa shape index (κ1) is 61.8. The lowest BCUT2D eigenvalue weighted by Crippen LogP contribution is -2.30. The van der Waals surface area contributed by atoms with E-state index in [0.29, 0.717) is 19.3 Å². The van der Waals surface area contributed by atoms with Crippen molar-refractivity contribution in [1.82, 2.24) is 0 Å². The Morgan fingerprint density at radius 1 is 0.318 bits per heavy atom. The summed E-state index contributed by atoms with van der Waals surface area (Å²) < 4.78 is 16.7. The summed E-state index contributed by atoms with van der Waals surface area (Å²) in [6.07, 6.45) is 73.2. The number of hydrogen-bond acceptors (Lipinski definition) is 6. The molecule has 0 N–H and O–H groups in total. The van der Waals surface area contributed by atoms with Crippen LogP contribution in [-0.4, -0.2) is 37.2 Å². The summed E-state index contributed by atoms with van der Waals surface area (Å²) in [5.74, 6) is -0.999. The second-order valence-electron chi connectivity index (χ2n) is 17.0. The number of unbranched alkanes of at least 4 members (excludes halogenated alkanes) is 15. The molecule has 0 aromatic carbocycles. The van der Waals surface area contributed by atoms with Crippen molar-refractivity contribution in [1.29, 1.82) is 0 Å². The summed E-state index contributed by atoms with van der Waals surface area (Å²) in [7, 11) is 0. The molecule has 0 aromatic heterocycles. The van der Waals surface area contributed by atoms with Gasteiger partial charge in [-0.15, -0.1) is 0 Å². The molecule has 0 fully saturated rings. The van der Waals surface area contributed by atoms with E-state index in [0.717, 1.165) is 135 Å². The molecule has 0 spiro atoms. The van der Waals surface area contributed by atoms with E-state index < -0.39 is 6.10 Å². The fourth-order valence-corrected chi connectivity index (χ4v) is 6.75. The van der Waals surface area contributed by atoms with Crippen LogP contribution in [0, 0.1) is 0 Å². The summed E-state index contributed by atoms with van der Waals surface area (Å²) in [5, 5.41) is 0. The summed E-state index contributed by atoms with van der Waals surface area (Å²) in [5.41, 5.74) is 0. The van der Waals surface area contributed by atoms with Gasteiger partial charge in [0.1, 0.15) is 13.2 Å². The van der Waals surface area contributed by atoms with Gasteiger partial charge >= 0.3 is 17.9 Å². The molecule has 0 radical (unpaired) electrons. The Morgan fingerprint density at radius 2 is 0.591 bits per heavy atom. The second kappa shape index (κ2) is 53.4. The van der Waals surface area contributed by atoms with Crippen LogP contribution in [0.5, 0.6) is 0 Å². The Morgan fingerprint density at radius 3 is 0.939 bits per heavy atom. The number of carbonyl (C=O) groups excluding carboxylic acids is 3. The summed E-state index contributed by atoms with van der Waals surface area (Å²) in [6.45, 7) is 6.32. The third kappa shape index (κ3) is 50.8. The maximum Gasteiger partial charge on any atom is 0.306 e. The molecular formula is C60H96O6. The minimum absolute atomic E-state index is 0.113. The lowest BCUT2D eigenvalue weighted by atomic mass is 10.1. The van der Waals surface area contributed by atoms with Crippen LogP contribution in [0.1, 0.15) is 220 Å². The zero-order chi connectivity index (χ0) is 47.9. The van der Waals surface area contributed by atoms with Gasteiger partial charge in [-0.2, -0.15) is 0 Å². The molecule has 0 saturated carbocycles. The van der Waals surface area contributed by atoms with E-state index in [-0.39, 0.29) is 37.5 Å². The Bertz CT molecular complexity index is 1420.